The summed E-state index contributed by atoms with van der Waals surface area (Å²) < 4.78 is 10.1. The molecule has 0 radical (unpaired) electrons. The van der Waals surface area contributed by atoms with Crippen molar-refractivity contribution in [2.45, 2.75) is 26.4 Å². The third-order valence-electron chi connectivity index (χ3n) is 1.90. The summed E-state index contributed by atoms with van der Waals surface area (Å²) in [4.78, 5) is 15.6. The Morgan fingerprint density at radius 2 is 2.06 bits per heavy atom. The molecule has 0 aromatic carbocycles. The number of ether oxygens (including phenoxy) is 2. The molecule has 0 aliphatic heterocycles. The van der Waals surface area contributed by atoms with Crippen LogP contribution < -0.4 is 10.5 Å². The van der Waals surface area contributed by atoms with E-state index in [1.54, 1.807) is 18.2 Å². The average Bonchev–Trinajstić information content (AvgIpc) is 2.25. The van der Waals surface area contributed by atoms with Crippen LogP contribution in [0.5, 0.6) is 5.88 Å². The molecule has 0 saturated carbocycles. The van der Waals surface area contributed by atoms with E-state index < -0.39 is 11.6 Å². The number of anilines is 1. The highest BCUT2D eigenvalue weighted by Crippen LogP contribution is 2.18. The molecule has 0 atom stereocenters. The summed E-state index contributed by atoms with van der Waals surface area (Å²) in [5, 5.41) is 0. The first-order valence-corrected chi connectivity index (χ1v) is 5.53. The van der Waals surface area contributed by atoms with E-state index in [2.05, 4.69) is 4.98 Å². The zero-order valence-electron chi connectivity index (χ0n) is 11.1. The number of nitrogen functional groups attached to an aromatic ring is 1. The van der Waals surface area contributed by atoms with Crippen molar-refractivity contribution in [2.75, 3.05) is 12.8 Å². The smallest absolute Gasteiger partial charge is 0.331 e. The highest BCUT2D eigenvalue weighted by Gasteiger charge is 2.13. The number of carbonyl (C=O) groups excluding carboxylic acids is 1. The molecule has 0 unspecified atom stereocenters. The van der Waals surface area contributed by atoms with Crippen molar-refractivity contribution in [1.29, 1.82) is 0 Å². The van der Waals surface area contributed by atoms with Gasteiger partial charge in [-0.2, -0.15) is 0 Å². The first-order valence-electron chi connectivity index (χ1n) is 5.53. The van der Waals surface area contributed by atoms with E-state index in [1.165, 1.54) is 13.2 Å². The van der Waals surface area contributed by atoms with E-state index >= 15 is 0 Å². The fraction of sp³-hybridized carbons (Fsp3) is 0.385. The number of pyridine rings is 1. The summed E-state index contributed by atoms with van der Waals surface area (Å²) in [5.41, 5.74) is 6.16. The number of hydrogen-bond donors (Lipinski definition) is 1. The minimum Gasteiger partial charge on any atom is -0.480 e. The van der Waals surface area contributed by atoms with Gasteiger partial charge in [0.05, 0.1) is 18.5 Å². The summed E-state index contributed by atoms with van der Waals surface area (Å²) in [6, 6.07) is 3.36. The van der Waals surface area contributed by atoms with Crippen molar-refractivity contribution in [1.82, 2.24) is 4.98 Å². The van der Waals surface area contributed by atoms with Crippen molar-refractivity contribution in [2.24, 2.45) is 0 Å². The van der Waals surface area contributed by atoms with E-state index in [4.69, 9.17) is 15.2 Å². The summed E-state index contributed by atoms with van der Waals surface area (Å²) in [5.74, 6) is -0.0820. The molecular weight excluding hydrogens is 232 g/mol. The van der Waals surface area contributed by atoms with Crippen LogP contribution in [0.2, 0.25) is 0 Å². The molecule has 1 aromatic heterocycles. The minimum atomic E-state index is -0.506. The number of methoxy groups -OCH3 is 1. The van der Waals surface area contributed by atoms with E-state index in [0.29, 0.717) is 17.3 Å². The second-order valence-electron chi connectivity index (χ2n) is 4.70. The lowest BCUT2D eigenvalue weighted by molar-refractivity contribution is -0.148. The van der Waals surface area contributed by atoms with Gasteiger partial charge in [-0.3, -0.25) is 0 Å². The zero-order valence-corrected chi connectivity index (χ0v) is 11.1. The van der Waals surface area contributed by atoms with E-state index in [9.17, 15) is 4.79 Å². The normalized spacial score (nSPS) is 11.6. The molecule has 0 aliphatic rings. The van der Waals surface area contributed by atoms with E-state index in [0.717, 1.165) is 0 Å². The highest BCUT2D eigenvalue weighted by molar-refractivity contribution is 5.87. The first kappa shape index (κ1) is 14.0. The Morgan fingerprint density at radius 3 is 2.61 bits per heavy atom. The molecule has 0 aliphatic carbocycles. The fourth-order valence-corrected chi connectivity index (χ4v) is 1.21. The quantitative estimate of drug-likeness (QED) is 0.656. The molecule has 0 amide bonds. The summed E-state index contributed by atoms with van der Waals surface area (Å²) >= 11 is 0. The number of esters is 1. The van der Waals surface area contributed by atoms with Crippen molar-refractivity contribution in [3.05, 3.63) is 23.9 Å². The molecule has 1 rings (SSSR count). The van der Waals surface area contributed by atoms with Crippen molar-refractivity contribution >= 4 is 17.7 Å². The van der Waals surface area contributed by atoms with Crippen LogP contribution in [-0.4, -0.2) is 23.7 Å². The first-order chi connectivity index (χ1) is 8.31. The van der Waals surface area contributed by atoms with E-state index in [1.807, 2.05) is 20.8 Å². The Morgan fingerprint density at radius 1 is 1.39 bits per heavy atom. The van der Waals surface area contributed by atoms with Crippen molar-refractivity contribution in [3.63, 3.8) is 0 Å². The monoisotopic (exact) mass is 250 g/mol. The number of hydrogen-bond acceptors (Lipinski definition) is 5. The standard InChI is InChI=1S/C13H18N2O3/c1-13(2,3)18-11(16)8-6-9-5-7-10(14)12(15-9)17-4/h5-8H,14H2,1-4H3/b8-6+. The number of aromatic nitrogens is 1. The van der Waals surface area contributed by atoms with Gasteiger partial charge in [0, 0.05) is 6.08 Å². The fourth-order valence-electron chi connectivity index (χ4n) is 1.21. The number of carbonyl (C=O) groups is 1. The Kier molecular flexibility index (Phi) is 4.31. The second kappa shape index (κ2) is 5.53. The predicted molar refractivity (Wildman–Crippen MR) is 70.1 cm³/mol. The maximum Gasteiger partial charge on any atom is 0.331 e. The van der Waals surface area contributed by atoms with Gasteiger partial charge in [-0.05, 0) is 39.0 Å². The Balaban J connectivity index is 2.76. The van der Waals surface area contributed by atoms with Crippen LogP contribution in [0.25, 0.3) is 6.08 Å². The average molecular weight is 250 g/mol. The largest absolute Gasteiger partial charge is 0.480 e. The SMILES string of the molecule is COc1nc(/C=C/C(=O)OC(C)(C)C)ccc1N. The Hall–Kier alpha value is -2.04. The van der Waals surface area contributed by atoms with E-state index in [-0.39, 0.29) is 0 Å². The van der Waals surface area contributed by atoms with Crippen LogP contribution in [0.3, 0.4) is 0 Å². The van der Waals surface area contributed by atoms with Crippen LogP contribution in [0, 0.1) is 0 Å². The van der Waals surface area contributed by atoms with Crippen molar-refractivity contribution < 1.29 is 14.3 Å². The maximum absolute atomic E-state index is 11.5. The molecule has 0 spiro atoms. The van der Waals surface area contributed by atoms with Crippen molar-refractivity contribution in [3.8, 4) is 5.88 Å². The van der Waals surface area contributed by atoms with Gasteiger partial charge in [0.1, 0.15) is 5.60 Å². The lowest BCUT2D eigenvalue weighted by atomic mass is 10.2. The number of nitrogens with zero attached hydrogens (tertiary/aromatic N) is 1. The van der Waals surface area contributed by atoms with Gasteiger partial charge in [-0.15, -0.1) is 0 Å². The highest BCUT2D eigenvalue weighted by atomic mass is 16.6. The summed E-state index contributed by atoms with van der Waals surface area (Å²) in [6.07, 6.45) is 2.87. The molecule has 5 nitrogen and oxygen atoms in total. The number of nitrogens with two attached hydrogens (primary N) is 1. The third kappa shape index (κ3) is 4.45. The van der Waals surface area contributed by atoms with Crippen LogP contribution in [0.1, 0.15) is 26.5 Å². The van der Waals surface area contributed by atoms with Crippen LogP contribution >= 0.6 is 0 Å². The Labute approximate surface area is 107 Å². The molecule has 1 heterocycles. The molecule has 18 heavy (non-hydrogen) atoms. The van der Waals surface area contributed by atoms with Gasteiger partial charge in [-0.25, -0.2) is 9.78 Å². The molecule has 1 aromatic rings. The lowest BCUT2D eigenvalue weighted by Crippen LogP contribution is -2.22. The van der Waals surface area contributed by atoms with Gasteiger partial charge < -0.3 is 15.2 Å². The summed E-state index contributed by atoms with van der Waals surface area (Å²) in [7, 11) is 1.49. The van der Waals surface area contributed by atoms with Crippen LogP contribution in [-0.2, 0) is 9.53 Å². The second-order valence-corrected chi connectivity index (χ2v) is 4.70. The zero-order chi connectivity index (χ0) is 13.8. The van der Waals surface area contributed by atoms with Gasteiger partial charge >= 0.3 is 5.97 Å². The third-order valence-corrected chi connectivity index (χ3v) is 1.90. The molecule has 0 fully saturated rings. The van der Waals surface area contributed by atoms with Crippen LogP contribution in [0.4, 0.5) is 5.69 Å². The van der Waals surface area contributed by atoms with Gasteiger partial charge in [0.2, 0.25) is 5.88 Å². The maximum atomic E-state index is 11.5. The molecule has 2 N–H and O–H groups in total. The van der Waals surface area contributed by atoms with Gasteiger partial charge in [-0.1, -0.05) is 0 Å². The van der Waals surface area contributed by atoms with Gasteiger partial charge in [0.15, 0.2) is 0 Å². The molecule has 5 heteroatoms. The molecule has 0 saturated heterocycles. The Bertz CT molecular complexity index is 462. The molecule has 98 valence electrons. The number of rotatable bonds is 3. The summed E-state index contributed by atoms with van der Waals surface area (Å²) in [6.45, 7) is 5.43. The topological polar surface area (TPSA) is 74.4 Å². The predicted octanol–water partition coefficient (Wildman–Crippen LogP) is 2.03. The minimum absolute atomic E-state index is 0.335. The van der Waals surface area contributed by atoms with Gasteiger partial charge in [0.25, 0.3) is 0 Å². The molecule has 0 bridgehead atoms. The lowest BCUT2D eigenvalue weighted by Gasteiger charge is -2.17. The molecular formula is C13H18N2O3. The van der Waals surface area contributed by atoms with Crippen LogP contribution in [0.15, 0.2) is 18.2 Å².